The first-order valence-electron chi connectivity index (χ1n) is 4.40. The average Bonchev–Trinajstić information content (AvgIpc) is 2.75. The standard InChI is InChI=1S/C10H7N3O3/c1-6(10(14)12-13-11)7-2-3-8-9(4-7)16-5-15-8/h2-4H,1,5H2. The molecule has 0 bridgehead atoms. The van der Waals surface area contributed by atoms with Gasteiger partial charge < -0.3 is 9.47 Å². The van der Waals surface area contributed by atoms with Crippen LogP contribution in [0.2, 0.25) is 0 Å². The lowest BCUT2D eigenvalue weighted by molar-refractivity contribution is -0.112. The molecule has 0 radical (unpaired) electrons. The van der Waals surface area contributed by atoms with Crippen LogP contribution < -0.4 is 9.47 Å². The minimum atomic E-state index is -0.707. The largest absolute Gasteiger partial charge is 0.454 e. The van der Waals surface area contributed by atoms with Crippen molar-refractivity contribution in [2.24, 2.45) is 5.11 Å². The molecule has 2 rings (SSSR count). The number of azide groups is 1. The van der Waals surface area contributed by atoms with Gasteiger partial charge in [-0.1, -0.05) is 12.6 Å². The Morgan fingerprint density at radius 1 is 1.44 bits per heavy atom. The van der Waals surface area contributed by atoms with E-state index in [1.165, 1.54) is 0 Å². The second-order valence-corrected chi connectivity index (χ2v) is 3.04. The molecule has 0 spiro atoms. The lowest BCUT2D eigenvalue weighted by Crippen LogP contribution is -1.95. The topological polar surface area (TPSA) is 84.3 Å². The zero-order valence-corrected chi connectivity index (χ0v) is 8.21. The van der Waals surface area contributed by atoms with E-state index in [0.717, 1.165) is 0 Å². The van der Waals surface area contributed by atoms with Crippen LogP contribution in [0, 0.1) is 0 Å². The van der Waals surface area contributed by atoms with Crippen molar-refractivity contribution >= 4 is 11.5 Å². The van der Waals surface area contributed by atoms with Gasteiger partial charge in [0.05, 0.1) is 0 Å². The summed E-state index contributed by atoms with van der Waals surface area (Å²) >= 11 is 0. The molecule has 0 N–H and O–H groups in total. The normalized spacial score (nSPS) is 11.8. The van der Waals surface area contributed by atoms with Crippen LogP contribution in [0.3, 0.4) is 0 Å². The van der Waals surface area contributed by atoms with E-state index in [4.69, 9.17) is 15.0 Å². The van der Waals surface area contributed by atoms with Gasteiger partial charge in [0.1, 0.15) is 0 Å². The van der Waals surface area contributed by atoms with Crippen molar-refractivity contribution in [3.05, 3.63) is 40.8 Å². The van der Waals surface area contributed by atoms with Crippen LogP contribution in [0.4, 0.5) is 0 Å². The summed E-state index contributed by atoms with van der Waals surface area (Å²) in [7, 11) is 0. The van der Waals surface area contributed by atoms with Crippen molar-refractivity contribution in [1.82, 2.24) is 0 Å². The first-order valence-corrected chi connectivity index (χ1v) is 4.40. The van der Waals surface area contributed by atoms with Gasteiger partial charge in [-0.3, -0.25) is 4.79 Å². The number of nitrogens with zero attached hydrogens (tertiary/aromatic N) is 3. The van der Waals surface area contributed by atoms with Crippen LogP contribution in [-0.2, 0) is 4.79 Å². The van der Waals surface area contributed by atoms with Crippen LogP contribution in [0.5, 0.6) is 11.5 Å². The summed E-state index contributed by atoms with van der Waals surface area (Å²) in [6, 6.07) is 4.95. The van der Waals surface area contributed by atoms with E-state index in [1.54, 1.807) is 18.2 Å². The minimum Gasteiger partial charge on any atom is -0.454 e. The van der Waals surface area contributed by atoms with Crippen molar-refractivity contribution < 1.29 is 14.3 Å². The van der Waals surface area contributed by atoms with Gasteiger partial charge in [-0.2, -0.15) is 0 Å². The molecule has 0 unspecified atom stereocenters. The van der Waals surface area contributed by atoms with Gasteiger partial charge in [-0.05, 0) is 28.3 Å². The van der Waals surface area contributed by atoms with Gasteiger partial charge in [-0.25, -0.2) is 0 Å². The number of amides is 1. The summed E-state index contributed by atoms with van der Waals surface area (Å²) in [6.07, 6.45) is 0. The predicted molar refractivity (Wildman–Crippen MR) is 55.8 cm³/mol. The number of rotatable bonds is 2. The smallest absolute Gasteiger partial charge is 0.249 e. The van der Waals surface area contributed by atoms with Crippen molar-refractivity contribution in [2.45, 2.75) is 0 Å². The Hall–Kier alpha value is -2.46. The zero-order chi connectivity index (χ0) is 11.5. The van der Waals surface area contributed by atoms with E-state index >= 15 is 0 Å². The molecule has 80 valence electrons. The van der Waals surface area contributed by atoms with E-state index in [1.807, 2.05) is 0 Å². The van der Waals surface area contributed by atoms with Gasteiger partial charge in [0.25, 0.3) is 0 Å². The van der Waals surface area contributed by atoms with E-state index in [2.05, 4.69) is 16.6 Å². The highest BCUT2D eigenvalue weighted by Gasteiger charge is 2.16. The number of fused-ring (bicyclic) bond motifs is 1. The molecule has 1 aromatic carbocycles. The molecule has 16 heavy (non-hydrogen) atoms. The van der Waals surface area contributed by atoms with Crippen molar-refractivity contribution in [1.29, 1.82) is 0 Å². The Balaban J connectivity index is 2.31. The lowest BCUT2D eigenvalue weighted by Gasteiger charge is -2.02. The number of benzene rings is 1. The molecule has 0 atom stereocenters. The second-order valence-electron chi connectivity index (χ2n) is 3.04. The number of carbonyl (C=O) groups is 1. The van der Waals surface area contributed by atoms with Gasteiger partial charge >= 0.3 is 0 Å². The molecule has 0 aliphatic carbocycles. The predicted octanol–water partition coefficient (Wildman–Crippen LogP) is 2.27. The first-order chi connectivity index (χ1) is 7.72. The molecule has 1 amide bonds. The Bertz CT molecular complexity index is 518. The van der Waals surface area contributed by atoms with Gasteiger partial charge in [0.2, 0.25) is 12.7 Å². The van der Waals surface area contributed by atoms with Crippen LogP contribution in [0.15, 0.2) is 29.9 Å². The summed E-state index contributed by atoms with van der Waals surface area (Å²) < 4.78 is 10.3. The quantitative estimate of drug-likeness (QED) is 0.329. The maximum Gasteiger partial charge on any atom is 0.249 e. The molecule has 0 aromatic heterocycles. The fourth-order valence-corrected chi connectivity index (χ4v) is 1.31. The highest BCUT2D eigenvalue weighted by molar-refractivity contribution is 6.19. The molecule has 1 heterocycles. The summed E-state index contributed by atoms with van der Waals surface area (Å²) in [5.41, 5.74) is 8.80. The molecule has 1 aliphatic heterocycles. The first kappa shape index (κ1) is 10.1. The number of carbonyl (C=O) groups excluding carboxylic acids is 1. The zero-order valence-electron chi connectivity index (χ0n) is 8.21. The lowest BCUT2D eigenvalue weighted by atomic mass is 10.1. The highest BCUT2D eigenvalue weighted by atomic mass is 16.7. The molecule has 6 nitrogen and oxygen atoms in total. The molecule has 1 aromatic rings. The maximum atomic E-state index is 11.3. The van der Waals surface area contributed by atoms with Crippen LogP contribution in [0.25, 0.3) is 16.0 Å². The van der Waals surface area contributed by atoms with Crippen molar-refractivity contribution in [3.8, 4) is 11.5 Å². The molecule has 1 aliphatic rings. The van der Waals surface area contributed by atoms with E-state index in [-0.39, 0.29) is 12.4 Å². The van der Waals surface area contributed by atoms with Crippen LogP contribution in [0.1, 0.15) is 5.56 Å². The Kier molecular flexibility index (Phi) is 2.49. The third kappa shape index (κ3) is 1.69. The average molecular weight is 217 g/mol. The Morgan fingerprint density at radius 3 is 2.94 bits per heavy atom. The molecule has 0 saturated heterocycles. The highest BCUT2D eigenvalue weighted by Crippen LogP contribution is 2.34. The molecule has 0 fully saturated rings. The van der Waals surface area contributed by atoms with Gasteiger partial charge in [0, 0.05) is 10.5 Å². The summed E-state index contributed by atoms with van der Waals surface area (Å²) in [4.78, 5) is 13.7. The monoisotopic (exact) mass is 217 g/mol. The molecular formula is C10H7N3O3. The summed E-state index contributed by atoms with van der Waals surface area (Å²) in [6.45, 7) is 3.72. The van der Waals surface area contributed by atoms with E-state index in [0.29, 0.717) is 17.1 Å². The third-order valence-corrected chi connectivity index (χ3v) is 2.11. The SMILES string of the molecule is C=C(C(=O)N=[N+]=[N-])c1ccc2c(c1)OCO2. The molecular weight excluding hydrogens is 210 g/mol. The fourth-order valence-electron chi connectivity index (χ4n) is 1.31. The number of ether oxygens (including phenoxy) is 2. The Labute approximate surface area is 90.7 Å². The maximum absolute atomic E-state index is 11.3. The second kappa shape index (κ2) is 3.96. The molecule has 0 saturated carbocycles. The summed E-state index contributed by atoms with van der Waals surface area (Å²) in [5, 5.41) is 2.96. The van der Waals surface area contributed by atoms with E-state index < -0.39 is 5.91 Å². The minimum absolute atomic E-state index is 0.121. The van der Waals surface area contributed by atoms with Crippen molar-refractivity contribution in [3.63, 3.8) is 0 Å². The van der Waals surface area contributed by atoms with Gasteiger partial charge in [-0.15, -0.1) is 0 Å². The van der Waals surface area contributed by atoms with Gasteiger partial charge in [0.15, 0.2) is 11.5 Å². The fraction of sp³-hybridized carbons (Fsp3) is 0.100. The van der Waals surface area contributed by atoms with Crippen molar-refractivity contribution in [2.75, 3.05) is 6.79 Å². The third-order valence-electron chi connectivity index (χ3n) is 2.11. The van der Waals surface area contributed by atoms with Crippen LogP contribution >= 0.6 is 0 Å². The van der Waals surface area contributed by atoms with E-state index in [9.17, 15) is 4.79 Å². The number of hydrogen-bond acceptors (Lipinski definition) is 3. The number of hydrogen-bond donors (Lipinski definition) is 0. The summed E-state index contributed by atoms with van der Waals surface area (Å²) in [5.74, 6) is 0.460. The van der Waals surface area contributed by atoms with Crippen LogP contribution in [-0.4, -0.2) is 12.7 Å². The molecule has 6 heteroatoms. The Morgan fingerprint density at radius 2 is 2.19 bits per heavy atom.